The molecule has 29 heavy (non-hydrogen) atoms. The Hall–Kier alpha value is -1.73. The van der Waals surface area contributed by atoms with E-state index in [1.54, 1.807) is 11.3 Å². The highest BCUT2D eigenvalue weighted by atomic mass is 32.1. The van der Waals surface area contributed by atoms with E-state index in [1.807, 2.05) is 18.2 Å². The van der Waals surface area contributed by atoms with Gasteiger partial charge < -0.3 is 14.4 Å². The average molecular weight is 414 g/mol. The summed E-state index contributed by atoms with van der Waals surface area (Å²) in [5.41, 5.74) is 1.79. The molecule has 4 heterocycles. The van der Waals surface area contributed by atoms with Crippen LogP contribution in [0, 0.1) is 18.3 Å². The number of amides is 1. The van der Waals surface area contributed by atoms with Crippen molar-refractivity contribution >= 4 is 17.2 Å². The Balaban J connectivity index is 1.41. The van der Waals surface area contributed by atoms with Crippen LogP contribution in [0.25, 0.3) is 0 Å². The molecule has 2 aliphatic heterocycles. The van der Waals surface area contributed by atoms with Crippen LogP contribution in [0.2, 0.25) is 0 Å². The van der Waals surface area contributed by atoms with Gasteiger partial charge in [0.25, 0.3) is 0 Å². The van der Waals surface area contributed by atoms with Gasteiger partial charge in [-0.25, -0.2) is 9.97 Å². The predicted molar refractivity (Wildman–Crippen MR) is 114 cm³/mol. The van der Waals surface area contributed by atoms with Crippen LogP contribution in [-0.4, -0.2) is 56.4 Å². The van der Waals surface area contributed by atoms with Crippen molar-refractivity contribution in [3.05, 3.63) is 34.3 Å². The molecule has 1 spiro atoms. The molecule has 2 saturated heterocycles. The van der Waals surface area contributed by atoms with Crippen molar-refractivity contribution in [1.29, 1.82) is 0 Å². The molecule has 2 aromatic heterocycles. The molecule has 3 aliphatic rings. The number of aromatic nitrogens is 3. The molecule has 0 bridgehead atoms. The summed E-state index contributed by atoms with van der Waals surface area (Å²) >= 11 is 1.66. The number of likely N-dealkylation sites (tertiary alicyclic amines) is 2. The fourth-order valence-corrected chi connectivity index (χ4v) is 5.76. The summed E-state index contributed by atoms with van der Waals surface area (Å²) in [6.45, 7) is 10.8. The summed E-state index contributed by atoms with van der Waals surface area (Å²) in [6, 6.07) is 0.389. The zero-order valence-corrected chi connectivity index (χ0v) is 18.5. The highest BCUT2D eigenvalue weighted by Gasteiger charge is 2.58. The van der Waals surface area contributed by atoms with Gasteiger partial charge in [0.15, 0.2) is 0 Å². The topological polar surface area (TPSA) is 54.3 Å². The van der Waals surface area contributed by atoms with Crippen LogP contribution in [0.1, 0.15) is 61.5 Å². The van der Waals surface area contributed by atoms with Gasteiger partial charge in [-0.3, -0.25) is 4.79 Å². The van der Waals surface area contributed by atoms with E-state index >= 15 is 0 Å². The lowest BCUT2D eigenvalue weighted by Crippen LogP contribution is -2.39. The quantitative estimate of drug-likeness (QED) is 0.728. The third-order valence-electron chi connectivity index (χ3n) is 6.96. The molecule has 3 fully saturated rings. The van der Waals surface area contributed by atoms with Gasteiger partial charge in [0.1, 0.15) is 0 Å². The number of thiazole rings is 1. The number of rotatable bonds is 6. The first-order valence-corrected chi connectivity index (χ1v) is 11.8. The zero-order chi connectivity index (χ0) is 20.2. The molecule has 0 radical (unpaired) electrons. The molecule has 0 N–H and O–H groups in total. The standard InChI is InChI=1S/C22H31N5OS/c1-15(2)27-11-20(23-14-27)19-10-25(8-17-4-5-17)13-22(19)6-7-26(21(22)28)9-18-12-29-16(3)24-18/h11-12,14-15,17,19H,4-10,13H2,1-3H3/t19-,22+/m1/s1. The predicted octanol–water partition coefficient (Wildman–Crippen LogP) is 3.46. The summed E-state index contributed by atoms with van der Waals surface area (Å²) in [5, 5.41) is 3.15. The number of imidazole rings is 1. The summed E-state index contributed by atoms with van der Waals surface area (Å²) in [4.78, 5) is 27.7. The Morgan fingerprint density at radius 3 is 2.83 bits per heavy atom. The molecule has 2 aromatic rings. The molecule has 6 nitrogen and oxygen atoms in total. The third kappa shape index (κ3) is 3.52. The first-order valence-electron chi connectivity index (χ1n) is 10.9. The van der Waals surface area contributed by atoms with Gasteiger partial charge in [-0.05, 0) is 46.0 Å². The minimum Gasteiger partial charge on any atom is -0.336 e. The molecule has 5 rings (SSSR count). The fourth-order valence-electron chi connectivity index (χ4n) is 5.16. The molecule has 7 heteroatoms. The van der Waals surface area contributed by atoms with Crippen LogP contribution in [0.3, 0.4) is 0 Å². The van der Waals surface area contributed by atoms with E-state index in [-0.39, 0.29) is 11.3 Å². The summed E-state index contributed by atoms with van der Waals surface area (Å²) < 4.78 is 2.17. The van der Waals surface area contributed by atoms with E-state index in [1.165, 1.54) is 12.8 Å². The third-order valence-corrected chi connectivity index (χ3v) is 7.78. The van der Waals surface area contributed by atoms with Gasteiger partial charge >= 0.3 is 0 Å². The van der Waals surface area contributed by atoms with Gasteiger partial charge in [0, 0.05) is 49.7 Å². The number of carbonyl (C=O) groups excluding carboxylic acids is 1. The molecular formula is C22H31N5OS. The number of hydrogen-bond donors (Lipinski definition) is 0. The van der Waals surface area contributed by atoms with Gasteiger partial charge in [-0.15, -0.1) is 11.3 Å². The Labute approximate surface area is 176 Å². The van der Waals surface area contributed by atoms with Crippen molar-refractivity contribution < 1.29 is 4.79 Å². The van der Waals surface area contributed by atoms with Crippen molar-refractivity contribution in [1.82, 2.24) is 24.3 Å². The van der Waals surface area contributed by atoms with Crippen molar-refractivity contribution in [2.24, 2.45) is 11.3 Å². The largest absolute Gasteiger partial charge is 0.336 e. The maximum absolute atomic E-state index is 13.8. The fraction of sp³-hybridized carbons (Fsp3) is 0.682. The van der Waals surface area contributed by atoms with E-state index in [0.29, 0.717) is 18.5 Å². The second kappa shape index (κ2) is 7.20. The summed E-state index contributed by atoms with van der Waals surface area (Å²) in [6.07, 6.45) is 7.73. The van der Waals surface area contributed by atoms with E-state index in [0.717, 1.165) is 54.9 Å². The zero-order valence-electron chi connectivity index (χ0n) is 17.7. The smallest absolute Gasteiger partial charge is 0.231 e. The van der Waals surface area contributed by atoms with Crippen molar-refractivity contribution in [3.63, 3.8) is 0 Å². The average Bonchev–Trinajstić information content (AvgIpc) is 3.04. The maximum atomic E-state index is 13.8. The van der Waals surface area contributed by atoms with E-state index < -0.39 is 0 Å². The van der Waals surface area contributed by atoms with Gasteiger partial charge in [0.2, 0.25) is 5.91 Å². The Morgan fingerprint density at radius 2 is 2.17 bits per heavy atom. The molecule has 0 aromatic carbocycles. The number of carbonyl (C=O) groups is 1. The van der Waals surface area contributed by atoms with Crippen LogP contribution in [-0.2, 0) is 11.3 Å². The van der Waals surface area contributed by atoms with Crippen LogP contribution >= 0.6 is 11.3 Å². The molecule has 1 saturated carbocycles. The Bertz CT molecular complexity index is 901. The second-order valence-electron chi connectivity index (χ2n) is 9.52. The van der Waals surface area contributed by atoms with Crippen LogP contribution in [0.4, 0.5) is 0 Å². The van der Waals surface area contributed by atoms with Gasteiger partial charge in [0.05, 0.1) is 34.7 Å². The SMILES string of the molecule is Cc1nc(CN2CC[C@@]3(CN(CC4CC4)C[C@@H]3c3cn(C(C)C)cn3)C2=O)cs1. The Morgan fingerprint density at radius 1 is 1.34 bits per heavy atom. The highest BCUT2D eigenvalue weighted by molar-refractivity contribution is 7.09. The number of aryl methyl sites for hydroxylation is 1. The molecule has 0 unspecified atom stereocenters. The summed E-state index contributed by atoms with van der Waals surface area (Å²) in [5.74, 6) is 1.34. The first kappa shape index (κ1) is 19.2. The number of hydrogen-bond acceptors (Lipinski definition) is 5. The molecule has 1 amide bonds. The van der Waals surface area contributed by atoms with E-state index in [2.05, 4.69) is 39.9 Å². The summed E-state index contributed by atoms with van der Waals surface area (Å²) in [7, 11) is 0. The first-order chi connectivity index (χ1) is 13.9. The monoisotopic (exact) mass is 413 g/mol. The van der Waals surface area contributed by atoms with Gasteiger partial charge in [-0.1, -0.05) is 0 Å². The van der Waals surface area contributed by atoms with E-state index in [9.17, 15) is 4.79 Å². The minimum atomic E-state index is -0.323. The van der Waals surface area contributed by atoms with E-state index in [4.69, 9.17) is 4.98 Å². The van der Waals surface area contributed by atoms with Crippen molar-refractivity contribution in [3.8, 4) is 0 Å². The lowest BCUT2D eigenvalue weighted by Gasteiger charge is -2.28. The lowest BCUT2D eigenvalue weighted by atomic mass is 9.75. The van der Waals surface area contributed by atoms with Crippen molar-refractivity contribution in [2.45, 2.75) is 58.5 Å². The van der Waals surface area contributed by atoms with Crippen LogP contribution < -0.4 is 0 Å². The van der Waals surface area contributed by atoms with Crippen LogP contribution in [0.5, 0.6) is 0 Å². The van der Waals surface area contributed by atoms with Crippen LogP contribution in [0.15, 0.2) is 17.9 Å². The second-order valence-corrected chi connectivity index (χ2v) is 10.6. The minimum absolute atomic E-state index is 0.191. The highest BCUT2D eigenvalue weighted by Crippen LogP contribution is 2.50. The maximum Gasteiger partial charge on any atom is 0.231 e. The molecule has 156 valence electrons. The Kier molecular flexibility index (Phi) is 4.78. The normalized spacial score (nSPS) is 27.8. The number of nitrogens with zero attached hydrogens (tertiary/aromatic N) is 5. The molecule has 1 aliphatic carbocycles. The molecule has 2 atom stereocenters. The molecular weight excluding hydrogens is 382 g/mol. The lowest BCUT2D eigenvalue weighted by molar-refractivity contribution is -0.136. The van der Waals surface area contributed by atoms with Crippen molar-refractivity contribution in [2.75, 3.05) is 26.2 Å². The van der Waals surface area contributed by atoms with Gasteiger partial charge in [-0.2, -0.15) is 0 Å².